The minimum absolute atomic E-state index is 0.0691. The number of rotatable bonds is 8. The van der Waals surface area contributed by atoms with Crippen molar-refractivity contribution in [1.82, 2.24) is 24.7 Å². The lowest BCUT2D eigenvalue weighted by molar-refractivity contribution is -0.138. The van der Waals surface area contributed by atoms with E-state index in [1.165, 1.54) is 0 Å². The number of ether oxygens (including phenoxy) is 1. The Hall–Kier alpha value is -2.87. The van der Waals surface area contributed by atoms with Gasteiger partial charge in [0.2, 0.25) is 11.8 Å². The summed E-state index contributed by atoms with van der Waals surface area (Å²) in [4.78, 5) is 33.7. The Morgan fingerprint density at radius 1 is 1.32 bits per heavy atom. The van der Waals surface area contributed by atoms with Gasteiger partial charge in [-0.3, -0.25) is 14.5 Å². The van der Waals surface area contributed by atoms with Crippen LogP contribution in [0.3, 0.4) is 0 Å². The van der Waals surface area contributed by atoms with Crippen LogP contribution in [-0.2, 0) is 29.2 Å². The van der Waals surface area contributed by atoms with Gasteiger partial charge in [0.25, 0.3) is 0 Å². The Kier molecular flexibility index (Phi) is 7.33. The van der Waals surface area contributed by atoms with Crippen molar-refractivity contribution in [2.75, 3.05) is 27.2 Å². The SMILES string of the molecule is CCn1ccnc1CN(C)C(=O)CC1C(=O)NCCN1Cc1ccc(OC)c(C)c1C. The molecule has 0 aliphatic carbocycles. The summed E-state index contributed by atoms with van der Waals surface area (Å²) in [5.41, 5.74) is 3.39. The van der Waals surface area contributed by atoms with Gasteiger partial charge in [-0.25, -0.2) is 4.98 Å². The second-order valence-corrected chi connectivity index (χ2v) is 8.04. The normalized spacial score (nSPS) is 16.8. The molecule has 2 heterocycles. The molecule has 8 nitrogen and oxygen atoms in total. The molecule has 2 aromatic rings. The van der Waals surface area contributed by atoms with E-state index in [0.29, 0.717) is 26.2 Å². The monoisotopic (exact) mass is 427 g/mol. The van der Waals surface area contributed by atoms with E-state index in [-0.39, 0.29) is 18.2 Å². The van der Waals surface area contributed by atoms with Gasteiger partial charge in [-0.1, -0.05) is 6.07 Å². The number of aromatic nitrogens is 2. The lowest BCUT2D eigenvalue weighted by Gasteiger charge is -2.36. The summed E-state index contributed by atoms with van der Waals surface area (Å²) >= 11 is 0. The van der Waals surface area contributed by atoms with Gasteiger partial charge in [-0.15, -0.1) is 0 Å². The molecule has 0 bridgehead atoms. The van der Waals surface area contributed by atoms with E-state index in [1.807, 2.05) is 36.7 Å². The van der Waals surface area contributed by atoms with Crippen LogP contribution in [0, 0.1) is 13.8 Å². The number of nitrogens with zero attached hydrogens (tertiary/aromatic N) is 4. The molecule has 1 aromatic heterocycles. The van der Waals surface area contributed by atoms with Gasteiger partial charge in [0.05, 0.1) is 26.1 Å². The molecule has 0 spiro atoms. The van der Waals surface area contributed by atoms with E-state index < -0.39 is 6.04 Å². The predicted octanol–water partition coefficient (Wildman–Crippen LogP) is 1.88. The van der Waals surface area contributed by atoms with Crippen molar-refractivity contribution in [2.45, 2.75) is 52.9 Å². The zero-order chi connectivity index (χ0) is 22.5. The topological polar surface area (TPSA) is 79.7 Å². The number of hydrogen-bond acceptors (Lipinski definition) is 5. The molecule has 1 aliphatic heterocycles. The standard InChI is InChI=1S/C23H33N5O3/c1-6-27-11-9-24-21(27)15-26(4)22(29)13-19-23(30)25-10-12-28(19)14-18-7-8-20(31-5)17(3)16(18)2/h7-9,11,19H,6,10,12-15H2,1-5H3,(H,25,30). The van der Waals surface area contributed by atoms with Crippen molar-refractivity contribution in [3.8, 4) is 5.75 Å². The van der Waals surface area contributed by atoms with E-state index in [4.69, 9.17) is 4.74 Å². The molecule has 1 saturated heterocycles. The van der Waals surface area contributed by atoms with Gasteiger partial charge in [0, 0.05) is 45.6 Å². The van der Waals surface area contributed by atoms with Crippen LogP contribution < -0.4 is 10.1 Å². The molecule has 0 saturated carbocycles. The zero-order valence-electron chi connectivity index (χ0n) is 19.1. The Morgan fingerprint density at radius 2 is 2.10 bits per heavy atom. The number of carbonyl (C=O) groups excluding carboxylic acids is 2. The molecule has 1 atom stereocenters. The lowest BCUT2D eigenvalue weighted by Crippen LogP contribution is -2.56. The molecule has 0 radical (unpaired) electrons. The molecule has 168 valence electrons. The maximum absolute atomic E-state index is 13.0. The first-order valence-electron chi connectivity index (χ1n) is 10.7. The van der Waals surface area contributed by atoms with Crippen molar-refractivity contribution in [1.29, 1.82) is 0 Å². The van der Waals surface area contributed by atoms with Crippen molar-refractivity contribution < 1.29 is 14.3 Å². The second-order valence-electron chi connectivity index (χ2n) is 8.04. The highest BCUT2D eigenvalue weighted by Gasteiger charge is 2.33. The van der Waals surface area contributed by atoms with E-state index >= 15 is 0 Å². The predicted molar refractivity (Wildman–Crippen MR) is 119 cm³/mol. The summed E-state index contributed by atoms with van der Waals surface area (Å²) in [7, 11) is 3.43. The fourth-order valence-corrected chi connectivity index (χ4v) is 4.04. The lowest BCUT2D eigenvalue weighted by atomic mass is 10.00. The number of carbonyl (C=O) groups is 2. The smallest absolute Gasteiger partial charge is 0.237 e. The van der Waals surface area contributed by atoms with Crippen molar-refractivity contribution in [3.05, 3.63) is 47.0 Å². The maximum Gasteiger partial charge on any atom is 0.237 e. The third kappa shape index (κ3) is 5.07. The zero-order valence-corrected chi connectivity index (χ0v) is 19.1. The highest BCUT2D eigenvalue weighted by Crippen LogP contribution is 2.26. The minimum atomic E-state index is -0.489. The van der Waals surface area contributed by atoms with Crippen LogP contribution in [0.5, 0.6) is 5.75 Å². The van der Waals surface area contributed by atoms with E-state index in [1.54, 1.807) is 25.3 Å². The van der Waals surface area contributed by atoms with Crippen LogP contribution in [0.1, 0.15) is 35.9 Å². The molecule has 1 aromatic carbocycles. The summed E-state index contributed by atoms with van der Waals surface area (Å²) in [5, 5.41) is 2.91. The number of nitrogens with one attached hydrogen (secondary N) is 1. The molecule has 1 fully saturated rings. The second kappa shape index (κ2) is 9.96. The molecule has 8 heteroatoms. The summed E-state index contributed by atoms with van der Waals surface area (Å²) in [5.74, 6) is 1.54. The highest BCUT2D eigenvalue weighted by atomic mass is 16.5. The Labute approximate surface area is 184 Å². The number of imidazole rings is 1. The summed E-state index contributed by atoms with van der Waals surface area (Å²) in [6, 6.07) is 3.52. The molecule has 31 heavy (non-hydrogen) atoms. The van der Waals surface area contributed by atoms with Crippen molar-refractivity contribution in [2.24, 2.45) is 0 Å². The molecule has 2 amide bonds. The molecule has 1 N–H and O–H groups in total. The van der Waals surface area contributed by atoms with Gasteiger partial charge in [-0.2, -0.15) is 0 Å². The number of amides is 2. The van der Waals surface area contributed by atoms with E-state index in [2.05, 4.69) is 22.1 Å². The number of aryl methyl sites for hydroxylation is 1. The first kappa shape index (κ1) is 22.8. The van der Waals surface area contributed by atoms with Crippen LogP contribution in [-0.4, -0.2) is 64.5 Å². The summed E-state index contributed by atoms with van der Waals surface area (Å²) in [6.07, 6.45) is 3.79. The number of hydrogen-bond donors (Lipinski definition) is 1. The number of piperazine rings is 1. The van der Waals surface area contributed by atoms with Crippen LogP contribution >= 0.6 is 0 Å². The summed E-state index contributed by atoms with van der Waals surface area (Å²) in [6.45, 7) is 9.28. The van der Waals surface area contributed by atoms with Crippen molar-refractivity contribution >= 4 is 11.8 Å². The molecular formula is C23H33N5O3. The maximum atomic E-state index is 13.0. The quantitative estimate of drug-likeness (QED) is 0.696. The fourth-order valence-electron chi connectivity index (χ4n) is 4.04. The van der Waals surface area contributed by atoms with E-state index in [9.17, 15) is 9.59 Å². The van der Waals surface area contributed by atoms with Crippen LogP contribution in [0.25, 0.3) is 0 Å². The third-order valence-electron chi connectivity index (χ3n) is 6.20. The van der Waals surface area contributed by atoms with Crippen LogP contribution in [0.15, 0.2) is 24.5 Å². The Balaban J connectivity index is 1.71. The number of methoxy groups -OCH3 is 1. The van der Waals surface area contributed by atoms with Crippen molar-refractivity contribution in [3.63, 3.8) is 0 Å². The molecule has 1 unspecified atom stereocenters. The Morgan fingerprint density at radius 3 is 2.81 bits per heavy atom. The van der Waals surface area contributed by atoms with Gasteiger partial charge in [0.15, 0.2) is 0 Å². The first-order chi connectivity index (χ1) is 14.8. The third-order valence-corrected chi connectivity index (χ3v) is 6.20. The first-order valence-corrected chi connectivity index (χ1v) is 10.7. The fraction of sp³-hybridized carbons (Fsp3) is 0.522. The molecule has 1 aliphatic rings. The van der Waals surface area contributed by atoms with E-state index in [0.717, 1.165) is 34.8 Å². The summed E-state index contributed by atoms with van der Waals surface area (Å²) < 4.78 is 7.42. The van der Waals surface area contributed by atoms with Gasteiger partial charge in [-0.05, 0) is 43.5 Å². The highest BCUT2D eigenvalue weighted by molar-refractivity contribution is 5.88. The molecular weight excluding hydrogens is 394 g/mol. The average Bonchev–Trinajstić information content (AvgIpc) is 3.20. The number of benzene rings is 1. The van der Waals surface area contributed by atoms with Gasteiger partial charge >= 0.3 is 0 Å². The van der Waals surface area contributed by atoms with Gasteiger partial charge < -0.3 is 19.5 Å². The average molecular weight is 428 g/mol. The Bertz CT molecular complexity index is 939. The molecule has 3 rings (SSSR count). The van der Waals surface area contributed by atoms with Crippen LogP contribution in [0.2, 0.25) is 0 Å². The van der Waals surface area contributed by atoms with Gasteiger partial charge in [0.1, 0.15) is 11.6 Å². The van der Waals surface area contributed by atoms with Crippen LogP contribution in [0.4, 0.5) is 0 Å². The largest absolute Gasteiger partial charge is 0.496 e. The minimum Gasteiger partial charge on any atom is -0.496 e.